The van der Waals surface area contributed by atoms with Gasteiger partial charge >= 0.3 is 12.1 Å². The molecule has 33 heavy (non-hydrogen) atoms. The Labute approximate surface area is 189 Å². The molecule has 1 aliphatic heterocycles. The number of carboxylic acids is 1. The summed E-state index contributed by atoms with van der Waals surface area (Å²) in [7, 11) is 0. The average Bonchev–Trinajstić information content (AvgIpc) is 2.81. The molecule has 1 aliphatic rings. The molecule has 1 amide bonds. The first-order chi connectivity index (χ1) is 15.7. The molecule has 4 rings (SSSR count). The second-order valence-corrected chi connectivity index (χ2v) is 7.75. The Morgan fingerprint density at radius 1 is 1.03 bits per heavy atom. The quantitative estimate of drug-likeness (QED) is 0.571. The van der Waals surface area contributed by atoms with E-state index in [0.717, 1.165) is 25.1 Å². The third kappa shape index (κ3) is 6.10. The number of amides is 1. The van der Waals surface area contributed by atoms with Crippen LogP contribution in [0.25, 0.3) is 10.8 Å². The monoisotopic (exact) mass is 458 g/mol. The highest BCUT2D eigenvalue weighted by Gasteiger charge is 2.38. The van der Waals surface area contributed by atoms with Crippen LogP contribution >= 0.6 is 0 Å². The van der Waals surface area contributed by atoms with Gasteiger partial charge < -0.3 is 15.3 Å². The van der Waals surface area contributed by atoms with Gasteiger partial charge in [0.1, 0.15) is 0 Å². The van der Waals surface area contributed by atoms with Gasteiger partial charge in [0.05, 0.1) is 6.54 Å². The molecule has 0 spiro atoms. The first-order valence-corrected chi connectivity index (χ1v) is 10.6. The highest BCUT2D eigenvalue weighted by molar-refractivity contribution is 5.96. The number of aliphatic carboxylic acids is 1. The second-order valence-electron chi connectivity index (χ2n) is 7.75. The summed E-state index contributed by atoms with van der Waals surface area (Å²) in [5.74, 6) is -2.61. The fourth-order valence-corrected chi connectivity index (χ4v) is 3.87. The number of para-hydroxylation sites is 1. The van der Waals surface area contributed by atoms with Gasteiger partial charge in [-0.15, -0.1) is 0 Å². The zero-order valence-corrected chi connectivity index (χ0v) is 18.1. The number of anilines is 1. The molecule has 5 nitrogen and oxygen atoms in total. The van der Waals surface area contributed by atoms with E-state index in [9.17, 15) is 18.0 Å². The Bertz CT molecular complexity index is 1130. The number of aryl methyl sites for hydroxylation is 1. The van der Waals surface area contributed by atoms with Gasteiger partial charge in [-0.2, -0.15) is 13.2 Å². The molecular weight excluding hydrogens is 433 g/mol. The van der Waals surface area contributed by atoms with Crippen molar-refractivity contribution in [3.05, 3.63) is 77.9 Å². The van der Waals surface area contributed by atoms with Crippen LogP contribution in [0.4, 0.5) is 18.9 Å². The number of nitrogens with zero attached hydrogens (tertiary/aromatic N) is 1. The summed E-state index contributed by atoms with van der Waals surface area (Å²) in [6.45, 7) is 3.28. The summed E-state index contributed by atoms with van der Waals surface area (Å²) < 4.78 is 31.7. The van der Waals surface area contributed by atoms with Crippen molar-refractivity contribution in [3.8, 4) is 0 Å². The third-order valence-electron chi connectivity index (χ3n) is 5.50. The minimum atomic E-state index is -5.08. The van der Waals surface area contributed by atoms with E-state index in [1.807, 2.05) is 17.0 Å². The molecule has 174 valence electrons. The van der Waals surface area contributed by atoms with Crippen LogP contribution in [-0.4, -0.2) is 36.2 Å². The van der Waals surface area contributed by atoms with E-state index in [2.05, 4.69) is 66.8 Å². The van der Waals surface area contributed by atoms with Crippen molar-refractivity contribution in [1.29, 1.82) is 0 Å². The molecule has 1 atom stereocenters. The third-order valence-corrected chi connectivity index (χ3v) is 5.50. The summed E-state index contributed by atoms with van der Waals surface area (Å²) in [6, 6.07) is 23.1. The minimum Gasteiger partial charge on any atom is -0.475 e. The molecule has 0 aliphatic carbocycles. The Balaban J connectivity index is 0.000000383. The summed E-state index contributed by atoms with van der Waals surface area (Å²) in [5.41, 5.74) is 3.58. The van der Waals surface area contributed by atoms with Crippen molar-refractivity contribution in [2.75, 3.05) is 18.0 Å². The summed E-state index contributed by atoms with van der Waals surface area (Å²) in [6.07, 6.45) is -3.00. The molecule has 8 heteroatoms. The Morgan fingerprint density at radius 3 is 2.39 bits per heavy atom. The maximum atomic E-state index is 12.8. The second kappa shape index (κ2) is 10.5. The van der Waals surface area contributed by atoms with E-state index < -0.39 is 12.1 Å². The molecule has 0 saturated carbocycles. The Kier molecular flexibility index (Phi) is 7.71. The van der Waals surface area contributed by atoms with Gasteiger partial charge in [-0.05, 0) is 47.7 Å². The zero-order valence-electron chi connectivity index (χ0n) is 18.1. The van der Waals surface area contributed by atoms with Gasteiger partial charge in [-0.3, -0.25) is 4.79 Å². The molecule has 1 heterocycles. The molecular formula is C25H25F3N2O3. The Morgan fingerprint density at radius 2 is 1.67 bits per heavy atom. The van der Waals surface area contributed by atoms with E-state index in [1.54, 1.807) is 0 Å². The lowest BCUT2D eigenvalue weighted by Gasteiger charge is -2.30. The van der Waals surface area contributed by atoms with Gasteiger partial charge in [-0.1, -0.05) is 60.7 Å². The van der Waals surface area contributed by atoms with Crippen LogP contribution in [0.5, 0.6) is 0 Å². The summed E-state index contributed by atoms with van der Waals surface area (Å²) >= 11 is 0. The van der Waals surface area contributed by atoms with E-state index in [4.69, 9.17) is 9.90 Å². The van der Waals surface area contributed by atoms with Gasteiger partial charge in [0.2, 0.25) is 5.91 Å². The number of carbonyl (C=O) groups excluding carboxylic acids is 1. The number of halogens is 3. The largest absolute Gasteiger partial charge is 0.490 e. The number of alkyl halides is 3. The van der Waals surface area contributed by atoms with Gasteiger partial charge in [0, 0.05) is 18.3 Å². The van der Waals surface area contributed by atoms with Crippen molar-refractivity contribution in [2.24, 2.45) is 0 Å². The van der Waals surface area contributed by atoms with Crippen LogP contribution in [0.15, 0.2) is 66.7 Å². The number of hydrogen-bond acceptors (Lipinski definition) is 3. The number of fused-ring (bicyclic) bond motifs is 2. The highest BCUT2D eigenvalue weighted by atomic mass is 19.4. The molecule has 2 N–H and O–H groups in total. The van der Waals surface area contributed by atoms with Gasteiger partial charge in [-0.25, -0.2) is 4.79 Å². The molecule has 1 unspecified atom stereocenters. The predicted molar refractivity (Wildman–Crippen MR) is 121 cm³/mol. The van der Waals surface area contributed by atoms with Crippen LogP contribution in [-0.2, 0) is 16.0 Å². The maximum absolute atomic E-state index is 12.8. The standard InChI is InChI=1S/C23H24N2O.C2HF3O2/c1-17(20-13-6-10-18-8-2-4-12-21(18)20)24-16-23(26)25-15-7-11-19-9-3-5-14-22(19)25;3-2(4,5)1(6)7/h2-6,8-10,12-14,17,24H,7,11,15-16H2,1H3;(H,6,7). The topological polar surface area (TPSA) is 69.6 Å². The molecule has 0 radical (unpaired) electrons. The normalized spacial score (nSPS) is 14.1. The fraction of sp³-hybridized carbons (Fsp3) is 0.280. The smallest absolute Gasteiger partial charge is 0.475 e. The predicted octanol–water partition coefficient (Wildman–Crippen LogP) is 5.10. The molecule has 0 aromatic heterocycles. The average molecular weight is 458 g/mol. The number of nitrogens with one attached hydrogen (secondary N) is 1. The minimum absolute atomic E-state index is 0.116. The first kappa shape index (κ1) is 24.3. The van der Waals surface area contributed by atoms with Crippen LogP contribution in [0.1, 0.15) is 30.5 Å². The molecule has 3 aromatic carbocycles. The van der Waals surface area contributed by atoms with E-state index in [0.29, 0.717) is 6.54 Å². The number of carbonyl (C=O) groups is 2. The SMILES string of the molecule is CC(NCC(=O)N1CCCc2ccccc21)c1cccc2ccccc12.O=C(O)C(F)(F)F. The van der Waals surface area contributed by atoms with Crippen molar-refractivity contribution in [2.45, 2.75) is 32.0 Å². The van der Waals surface area contributed by atoms with Crippen LogP contribution in [0.2, 0.25) is 0 Å². The van der Waals surface area contributed by atoms with E-state index in [-0.39, 0.29) is 11.9 Å². The van der Waals surface area contributed by atoms with E-state index in [1.165, 1.54) is 21.9 Å². The molecule has 0 bridgehead atoms. The Hall–Kier alpha value is -3.39. The number of carboxylic acid groups (broad SMARTS) is 1. The van der Waals surface area contributed by atoms with E-state index >= 15 is 0 Å². The van der Waals surface area contributed by atoms with Gasteiger partial charge in [0.25, 0.3) is 0 Å². The molecule has 3 aromatic rings. The number of rotatable bonds is 4. The number of benzene rings is 3. The number of hydrogen-bond donors (Lipinski definition) is 2. The van der Waals surface area contributed by atoms with Crippen molar-refractivity contribution < 1.29 is 27.9 Å². The fourth-order valence-electron chi connectivity index (χ4n) is 3.87. The maximum Gasteiger partial charge on any atom is 0.490 e. The highest BCUT2D eigenvalue weighted by Crippen LogP contribution is 2.27. The van der Waals surface area contributed by atoms with Crippen molar-refractivity contribution >= 4 is 28.3 Å². The van der Waals surface area contributed by atoms with Crippen LogP contribution in [0, 0.1) is 0 Å². The van der Waals surface area contributed by atoms with Crippen LogP contribution in [0.3, 0.4) is 0 Å². The first-order valence-electron chi connectivity index (χ1n) is 10.6. The van der Waals surface area contributed by atoms with Gasteiger partial charge in [0.15, 0.2) is 0 Å². The zero-order chi connectivity index (χ0) is 24.0. The lowest BCUT2D eigenvalue weighted by Crippen LogP contribution is -2.41. The van der Waals surface area contributed by atoms with Crippen molar-refractivity contribution in [3.63, 3.8) is 0 Å². The lowest BCUT2D eigenvalue weighted by atomic mass is 9.99. The lowest BCUT2D eigenvalue weighted by molar-refractivity contribution is -0.192. The molecule has 0 saturated heterocycles. The van der Waals surface area contributed by atoms with Crippen LogP contribution < -0.4 is 10.2 Å². The summed E-state index contributed by atoms with van der Waals surface area (Å²) in [4.78, 5) is 23.7. The van der Waals surface area contributed by atoms with Crippen molar-refractivity contribution in [1.82, 2.24) is 5.32 Å². The molecule has 0 fully saturated rings. The summed E-state index contributed by atoms with van der Waals surface area (Å²) in [5, 5.41) is 13.0.